The van der Waals surface area contributed by atoms with Crippen LogP contribution in [0.4, 0.5) is 15.8 Å². The van der Waals surface area contributed by atoms with Crippen molar-refractivity contribution < 1.29 is 9.18 Å². The van der Waals surface area contributed by atoms with Gasteiger partial charge in [0.2, 0.25) is 5.91 Å². The Bertz CT molecular complexity index is 654. The maximum Gasteiger partial charge on any atom is 0.231 e. The quantitative estimate of drug-likeness (QED) is 0.916. The molecular weight excluding hydrogens is 267 g/mol. The summed E-state index contributed by atoms with van der Waals surface area (Å²) in [5.41, 5.74) is 2.74. The van der Waals surface area contributed by atoms with E-state index in [4.69, 9.17) is 0 Å². The Morgan fingerprint density at radius 2 is 1.90 bits per heavy atom. The minimum atomic E-state index is -0.267. The molecule has 108 valence electrons. The fraction of sp³-hybridized carbons (Fsp3) is 0.235. The Kier molecular flexibility index (Phi) is 3.60. The average molecular weight is 284 g/mol. The summed E-state index contributed by atoms with van der Waals surface area (Å²) in [4.78, 5) is 14.4. The summed E-state index contributed by atoms with van der Waals surface area (Å²) in [7, 11) is 0. The van der Waals surface area contributed by atoms with Crippen LogP contribution in [0.3, 0.4) is 0 Å². The molecule has 1 aliphatic rings. The molecular formula is C17H17FN2O. The van der Waals surface area contributed by atoms with E-state index in [2.05, 4.69) is 5.32 Å². The van der Waals surface area contributed by atoms with Gasteiger partial charge < -0.3 is 10.2 Å². The van der Waals surface area contributed by atoms with E-state index in [-0.39, 0.29) is 17.6 Å². The van der Waals surface area contributed by atoms with Gasteiger partial charge in [-0.1, -0.05) is 31.2 Å². The highest BCUT2D eigenvalue weighted by molar-refractivity contribution is 5.99. The van der Waals surface area contributed by atoms with Gasteiger partial charge >= 0.3 is 0 Å². The van der Waals surface area contributed by atoms with E-state index in [1.54, 1.807) is 17.0 Å². The van der Waals surface area contributed by atoms with Crippen LogP contribution < -0.4 is 10.2 Å². The van der Waals surface area contributed by atoms with Crippen molar-refractivity contribution in [2.24, 2.45) is 5.92 Å². The van der Waals surface area contributed by atoms with Crippen LogP contribution in [0.2, 0.25) is 0 Å². The maximum absolute atomic E-state index is 13.0. The number of halogens is 1. The highest BCUT2D eigenvalue weighted by Gasteiger charge is 2.27. The van der Waals surface area contributed by atoms with Crippen LogP contribution in [-0.4, -0.2) is 12.5 Å². The van der Waals surface area contributed by atoms with Gasteiger partial charge in [0.1, 0.15) is 5.82 Å². The molecule has 0 fully saturated rings. The van der Waals surface area contributed by atoms with Crippen LogP contribution in [0.1, 0.15) is 12.5 Å². The molecule has 3 rings (SSSR count). The largest absolute Gasteiger partial charge is 0.383 e. The van der Waals surface area contributed by atoms with Crippen molar-refractivity contribution in [3.63, 3.8) is 0 Å². The Morgan fingerprint density at radius 1 is 1.19 bits per heavy atom. The summed E-state index contributed by atoms with van der Waals surface area (Å²) < 4.78 is 13.0. The number of hydrogen-bond acceptors (Lipinski definition) is 2. The molecule has 0 saturated heterocycles. The number of hydrogen-bond donors (Lipinski definition) is 1. The van der Waals surface area contributed by atoms with E-state index in [0.717, 1.165) is 16.9 Å². The van der Waals surface area contributed by atoms with Gasteiger partial charge in [0, 0.05) is 6.54 Å². The Labute approximate surface area is 123 Å². The number of amides is 1. The molecule has 1 heterocycles. The first-order valence-corrected chi connectivity index (χ1v) is 7.04. The van der Waals surface area contributed by atoms with E-state index in [9.17, 15) is 9.18 Å². The normalized spacial score (nSPS) is 17.9. The second-order valence-electron chi connectivity index (χ2n) is 5.35. The predicted octanol–water partition coefficient (Wildman–Crippen LogP) is 3.42. The third-order valence-electron chi connectivity index (χ3n) is 3.74. The minimum Gasteiger partial charge on any atom is -0.383 e. The lowest BCUT2D eigenvalue weighted by molar-refractivity contribution is -0.121. The Hall–Kier alpha value is -2.36. The van der Waals surface area contributed by atoms with Crippen LogP contribution in [-0.2, 0) is 11.3 Å². The lowest BCUT2D eigenvalue weighted by Crippen LogP contribution is -2.34. The van der Waals surface area contributed by atoms with Gasteiger partial charge in [-0.05, 0) is 29.8 Å². The van der Waals surface area contributed by atoms with E-state index in [1.165, 1.54) is 12.1 Å². The van der Waals surface area contributed by atoms with Crippen molar-refractivity contribution in [2.45, 2.75) is 13.5 Å². The van der Waals surface area contributed by atoms with Gasteiger partial charge in [-0.15, -0.1) is 0 Å². The molecule has 1 atom stereocenters. The summed E-state index contributed by atoms with van der Waals surface area (Å²) in [5, 5.41) is 3.31. The third kappa shape index (κ3) is 2.75. The number of para-hydroxylation sites is 2. The molecule has 0 saturated carbocycles. The average Bonchev–Trinajstić information content (AvgIpc) is 2.62. The molecule has 0 aliphatic carbocycles. The van der Waals surface area contributed by atoms with Crippen LogP contribution in [0, 0.1) is 11.7 Å². The van der Waals surface area contributed by atoms with Gasteiger partial charge in [-0.2, -0.15) is 0 Å². The first kappa shape index (κ1) is 13.6. The van der Waals surface area contributed by atoms with Gasteiger partial charge in [-0.3, -0.25) is 4.79 Å². The summed E-state index contributed by atoms with van der Waals surface area (Å²) in [6, 6.07) is 14.0. The van der Waals surface area contributed by atoms with Crippen LogP contribution >= 0.6 is 0 Å². The standard InChI is InChI=1S/C17H17FN2O/c1-12-10-19-15-4-2-3-5-16(15)20(17(12)21)11-13-6-8-14(18)9-7-13/h2-9,12,19H,10-11H2,1H3/t12-/m1/s1. The molecule has 1 N–H and O–H groups in total. The second-order valence-corrected chi connectivity index (χ2v) is 5.35. The zero-order valence-electron chi connectivity index (χ0n) is 11.8. The number of rotatable bonds is 2. The molecule has 0 radical (unpaired) electrons. The SMILES string of the molecule is C[C@@H]1CNc2ccccc2N(Cc2ccc(F)cc2)C1=O. The highest BCUT2D eigenvalue weighted by atomic mass is 19.1. The number of anilines is 2. The monoisotopic (exact) mass is 284 g/mol. The molecule has 0 bridgehead atoms. The van der Waals surface area contributed by atoms with E-state index in [0.29, 0.717) is 13.1 Å². The summed E-state index contributed by atoms with van der Waals surface area (Å²) >= 11 is 0. The van der Waals surface area contributed by atoms with Crippen molar-refractivity contribution in [3.8, 4) is 0 Å². The van der Waals surface area contributed by atoms with Gasteiger partial charge in [-0.25, -0.2) is 4.39 Å². The molecule has 0 unspecified atom stereocenters. The molecule has 2 aromatic carbocycles. The molecule has 21 heavy (non-hydrogen) atoms. The van der Waals surface area contributed by atoms with Crippen LogP contribution in [0.5, 0.6) is 0 Å². The number of carbonyl (C=O) groups excluding carboxylic acids is 1. The van der Waals surface area contributed by atoms with E-state index >= 15 is 0 Å². The zero-order chi connectivity index (χ0) is 14.8. The molecule has 1 aliphatic heterocycles. The molecule has 0 aromatic heterocycles. The van der Waals surface area contributed by atoms with Crippen molar-refractivity contribution in [1.29, 1.82) is 0 Å². The summed E-state index contributed by atoms with van der Waals surface area (Å²) in [6.07, 6.45) is 0. The summed E-state index contributed by atoms with van der Waals surface area (Å²) in [5.74, 6) is -0.286. The Balaban J connectivity index is 1.97. The van der Waals surface area contributed by atoms with Crippen LogP contribution in [0.25, 0.3) is 0 Å². The van der Waals surface area contributed by atoms with Gasteiger partial charge in [0.25, 0.3) is 0 Å². The topological polar surface area (TPSA) is 32.3 Å². The third-order valence-corrected chi connectivity index (χ3v) is 3.74. The zero-order valence-corrected chi connectivity index (χ0v) is 11.8. The molecule has 2 aromatic rings. The number of benzene rings is 2. The number of fused-ring (bicyclic) bond motifs is 1. The Morgan fingerprint density at radius 3 is 2.67 bits per heavy atom. The van der Waals surface area contributed by atoms with Crippen molar-refractivity contribution >= 4 is 17.3 Å². The minimum absolute atomic E-state index is 0.0803. The van der Waals surface area contributed by atoms with Crippen molar-refractivity contribution in [2.75, 3.05) is 16.8 Å². The van der Waals surface area contributed by atoms with Crippen molar-refractivity contribution in [1.82, 2.24) is 0 Å². The highest BCUT2D eigenvalue weighted by Crippen LogP contribution is 2.31. The lowest BCUT2D eigenvalue weighted by Gasteiger charge is -2.24. The smallest absolute Gasteiger partial charge is 0.231 e. The van der Waals surface area contributed by atoms with Crippen molar-refractivity contribution in [3.05, 3.63) is 59.9 Å². The van der Waals surface area contributed by atoms with E-state index in [1.807, 2.05) is 31.2 Å². The molecule has 1 amide bonds. The number of nitrogens with one attached hydrogen (secondary N) is 1. The fourth-order valence-electron chi connectivity index (χ4n) is 2.53. The molecule has 4 heteroatoms. The molecule has 0 spiro atoms. The first-order chi connectivity index (χ1) is 10.1. The summed E-state index contributed by atoms with van der Waals surface area (Å²) in [6.45, 7) is 2.98. The number of carbonyl (C=O) groups is 1. The lowest BCUT2D eigenvalue weighted by atomic mass is 10.1. The van der Waals surface area contributed by atoms with E-state index < -0.39 is 0 Å². The molecule has 3 nitrogen and oxygen atoms in total. The van der Waals surface area contributed by atoms with Crippen LogP contribution in [0.15, 0.2) is 48.5 Å². The number of nitrogens with zero attached hydrogens (tertiary/aromatic N) is 1. The second kappa shape index (κ2) is 5.56. The first-order valence-electron chi connectivity index (χ1n) is 7.04. The predicted molar refractivity (Wildman–Crippen MR) is 81.7 cm³/mol. The van der Waals surface area contributed by atoms with Gasteiger partial charge in [0.15, 0.2) is 0 Å². The van der Waals surface area contributed by atoms with Gasteiger partial charge in [0.05, 0.1) is 23.8 Å². The maximum atomic E-state index is 13.0. The fourth-order valence-corrected chi connectivity index (χ4v) is 2.53.